The van der Waals surface area contributed by atoms with Gasteiger partial charge in [-0.05, 0) is 127 Å². The second kappa shape index (κ2) is 16.2. The minimum atomic E-state index is -0.0785. The molecule has 330 valence electrons. The molecule has 2 N–H and O–H groups in total. The number of aromatic amines is 2. The summed E-state index contributed by atoms with van der Waals surface area (Å²) in [7, 11) is 0. The zero-order valence-electron chi connectivity index (χ0n) is 40.8. The molecule has 3 aromatic heterocycles. The van der Waals surface area contributed by atoms with E-state index in [1.807, 2.05) is 12.1 Å². The van der Waals surface area contributed by atoms with Gasteiger partial charge in [-0.2, -0.15) is 0 Å². The Morgan fingerprint density at radius 2 is 0.667 bits per heavy atom. The molecule has 8 bridgehead atoms. The van der Waals surface area contributed by atoms with Gasteiger partial charge < -0.3 is 9.97 Å². The lowest BCUT2D eigenvalue weighted by Crippen LogP contribution is -2.16. The van der Waals surface area contributed by atoms with Crippen LogP contribution in [0.1, 0.15) is 134 Å². The number of rotatable bonds is 4. The topological polar surface area (TPSA) is 57.4 Å². The smallest absolute Gasteiger partial charge is 0.0737 e. The second-order valence-corrected chi connectivity index (χ2v) is 22.2. The highest BCUT2D eigenvalue weighted by Gasteiger charge is 2.26. The standard InChI is InChI=1S/C62H62N4/c1-14-38-20-22-40(23-21-38)56-49-26-30-53(65-49)57(41-32-43(59(2,3)4)36-44(33-41)60(5,6)7)51-28-24-47(63-51)55(39-18-16-15-17-19-39)48-25-29-52(64-48)58(54-31-27-50(56)66-54)42-34-45(61(8,9)10)37-46(35-42)62(11,12)13/h1,15-37,63,66H,2-13H3. The Kier molecular flexibility index (Phi) is 10.8. The lowest BCUT2D eigenvalue weighted by molar-refractivity contribution is 0.568. The first-order chi connectivity index (χ1) is 31.2. The quantitative estimate of drug-likeness (QED) is 0.173. The van der Waals surface area contributed by atoms with Crippen LogP contribution < -0.4 is 0 Å². The van der Waals surface area contributed by atoms with E-state index in [-0.39, 0.29) is 21.7 Å². The summed E-state index contributed by atoms with van der Waals surface area (Å²) in [6.45, 7) is 27.5. The highest BCUT2D eigenvalue weighted by atomic mass is 14.8. The molecule has 0 radical (unpaired) electrons. The number of hydrogen-bond donors (Lipinski definition) is 2. The highest BCUT2D eigenvalue weighted by Crippen LogP contribution is 2.42. The summed E-state index contributed by atoms with van der Waals surface area (Å²) in [5, 5.41) is 0. The molecule has 2 aliphatic rings. The molecule has 0 atom stereocenters. The Morgan fingerprint density at radius 3 is 0.970 bits per heavy atom. The van der Waals surface area contributed by atoms with Crippen molar-refractivity contribution < 1.29 is 0 Å². The zero-order valence-corrected chi connectivity index (χ0v) is 40.8. The number of aromatic nitrogens is 4. The van der Waals surface area contributed by atoms with Gasteiger partial charge in [0.25, 0.3) is 0 Å². The molecule has 4 nitrogen and oxygen atoms in total. The van der Waals surface area contributed by atoms with Gasteiger partial charge in [0.1, 0.15) is 0 Å². The fourth-order valence-electron chi connectivity index (χ4n) is 9.03. The Bertz CT molecular complexity index is 3180. The minimum absolute atomic E-state index is 0.0785. The maximum absolute atomic E-state index is 5.89. The largest absolute Gasteiger partial charge is 0.354 e. The number of nitrogens with zero attached hydrogens (tertiary/aromatic N) is 2. The van der Waals surface area contributed by atoms with Crippen molar-refractivity contribution in [2.45, 2.75) is 105 Å². The molecule has 4 heteroatoms. The van der Waals surface area contributed by atoms with E-state index in [0.717, 1.165) is 94.9 Å². The van der Waals surface area contributed by atoms with Crippen LogP contribution in [0.4, 0.5) is 0 Å². The van der Waals surface area contributed by atoms with Crippen LogP contribution in [0, 0.1) is 12.3 Å². The molecular formula is C62H62N4. The van der Waals surface area contributed by atoms with Crippen molar-refractivity contribution in [3.8, 4) is 56.9 Å². The van der Waals surface area contributed by atoms with Crippen LogP contribution in [0.3, 0.4) is 0 Å². The molecule has 0 amide bonds. The second-order valence-electron chi connectivity index (χ2n) is 22.2. The van der Waals surface area contributed by atoms with E-state index in [4.69, 9.17) is 16.4 Å². The molecule has 0 saturated carbocycles. The molecule has 5 heterocycles. The number of fused-ring (bicyclic) bond motifs is 8. The third-order valence-electron chi connectivity index (χ3n) is 13.1. The van der Waals surface area contributed by atoms with Crippen molar-refractivity contribution in [1.29, 1.82) is 0 Å². The summed E-state index contributed by atoms with van der Waals surface area (Å²) in [6, 6.07) is 41.9. The lowest BCUT2D eigenvalue weighted by atomic mass is 9.78. The fraction of sp³-hybridized carbons (Fsp3) is 0.258. The van der Waals surface area contributed by atoms with E-state index in [2.05, 4.69) is 226 Å². The van der Waals surface area contributed by atoms with Crippen molar-refractivity contribution >= 4 is 46.4 Å². The first kappa shape index (κ1) is 44.3. The first-order valence-corrected chi connectivity index (χ1v) is 23.3. The Balaban J connectivity index is 1.49. The van der Waals surface area contributed by atoms with Gasteiger partial charge in [-0.25, -0.2) is 9.97 Å². The van der Waals surface area contributed by atoms with Gasteiger partial charge in [0.15, 0.2) is 0 Å². The van der Waals surface area contributed by atoms with Crippen molar-refractivity contribution in [2.24, 2.45) is 0 Å². The predicted molar refractivity (Wildman–Crippen MR) is 283 cm³/mol. The third-order valence-corrected chi connectivity index (χ3v) is 13.1. The highest BCUT2D eigenvalue weighted by molar-refractivity contribution is 6.00. The van der Waals surface area contributed by atoms with Gasteiger partial charge in [0.2, 0.25) is 0 Å². The van der Waals surface area contributed by atoms with E-state index in [1.54, 1.807) is 0 Å². The number of hydrogen-bond acceptors (Lipinski definition) is 2. The van der Waals surface area contributed by atoms with E-state index >= 15 is 0 Å². The Hall–Kier alpha value is -6.96. The summed E-state index contributed by atoms with van der Waals surface area (Å²) in [5.41, 5.74) is 21.5. The van der Waals surface area contributed by atoms with Gasteiger partial charge in [-0.3, -0.25) is 0 Å². The lowest BCUT2D eigenvalue weighted by Gasteiger charge is -2.26. The van der Waals surface area contributed by atoms with Crippen molar-refractivity contribution in [1.82, 2.24) is 19.9 Å². The van der Waals surface area contributed by atoms with Crippen LogP contribution in [0.15, 0.2) is 115 Å². The van der Waals surface area contributed by atoms with Gasteiger partial charge in [0.05, 0.1) is 22.8 Å². The van der Waals surface area contributed by atoms with E-state index in [9.17, 15) is 0 Å². The molecule has 2 aliphatic heterocycles. The summed E-state index contributed by atoms with van der Waals surface area (Å²) in [4.78, 5) is 19.1. The number of H-pyrrole nitrogens is 2. The molecule has 0 aliphatic carbocycles. The molecular weight excluding hydrogens is 801 g/mol. The molecule has 7 aromatic rings. The van der Waals surface area contributed by atoms with Gasteiger partial charge in [0, 0.05) is 49.9 Å². The van der Waals surface area contributed by atoms with Crippen molar-refractivity contribution in [3.63, 3.8) is 0 Å². The van der Waals surface area contributed by atoms with Crippen LogP contribution >= 0.6 is 0 Å². The van der Waals surface area contributed by atoms with Gasteiger partial charge in [-0.1, -0.05) is 168 Å². The van der Waals surface area contributed by atoms with Crippen molar-refractivity contribution in [3.05, 3.63) is 166 Å². The van der Waals surface area contributed by atoms with E-state index < -0.39 is 0 Å². The van der Waals surface area contributed by atoms with E-state index in [1.165, 1.54) is 22.3 Å². The average Bonchev–Trinajstić information content (AvgIpc) is 4.11. The SMILES string of the molecule is C#Cc1ccc(-c2c3nc(c(-c4cc(C(C)(C)C)cc(C(C)(C)C)c4)c4ccc([nH]4)c(-c4ccccc4)c4nc(c(-c5cc(C(C)(C)C)cc(C(C)(C)C)c5)c5ccc2[nH]5)C=C4)C=C3)cc1. The minimum Gasteiger partial charge on any atom is -0.354 e. The number of benzene rings is 4. The Morgan fingerprint density at radius 1 is 0.364 bits per heavy atom. The van der Waals surface area contributed by atoms with Gasteiger partial charge in [-0.15, -0.1) is 6.42 Å². The van der Waals surface area contributed by atoms with Crippen LogP contribution in [0.2, 0.25) is 0 Å². The average molecular weight is 863 g/mol. The van der Waals surface area contributed by atoms with E-state index in [0.29, 0.717) is 0 Å². The molecule has 9 rings (SSSR count). The normalized spacial score (nSPS) is 13.0. The number of terminal acetylenes is 1. The fourth-order valence-corrected chi connectivity index (χ4v) is 9.03. The summed E-state index contributed by atoms with van der Waals surface area (Å²) >= 11 is 0. The maximum atomic E-state index is 5.89. The third kappa shape index (κ3) is 8.52. The van der Waals surface area contributed by atoms with Crippen LogP contribution in [0.25, 0.3) is 90.9 Å². The van der Waals surface area contributed by atoms with Crippen LogP contribution in [0.5, 0.6) is 0 Å². The molecule has 4 aromatic carbocycles. The molecule has 66 heavy (non-hydrogen) atoms. The molecule has 0 fully saturated rings. The molecule has 0 unspecified atom stereocenters. The van der Waals surface area contributed by atoms with Crippen LogP contribution in [-0.2, 0) is 21.7 Å². The molecule has 0 spiro atoms. The van der Waals surface area contributed by atoms with Crippen molar-refractivity contribution in [2.75, 3.05) is 0 Å². The van der Waals surface area contributed by atoms with Gasteiger partial charge >= 0.3 is 0 Å². The number of nitrogens with one attached hydrogen (secondary N) is 2. The predicted octanol–water partition coefficient (Wildman–Crippen LogP) is 16.5. The summed E-state index contributed by atoms with van der Waals surface area (Å²) < 4.78 is 0. The maximum Gasteiger partial charge on any atom is 0.0737 e. The Labute approximate surface area is 392 Å². The summed E-state index contributed by atoms with van der Waals surface area (Å²) in [6.07, 6.45) is 14.6. The first-order valence-electron chi connectivity index (χ1n) is 23.3. The zero-order chi connectivity index (χ0) is 46.9. The van der Waals surface area contributed by atoms with Crippen LogP contribution in [-0.4, -0.2) is 19.9 Å². The summed E-state index contributed by atoms with van der Waals surface area (Å²) in [5.74, 6) is 2.81. The monoisotopic (exact) mass is 862 g/mol. The molecule has 0 saturated heterocycles.